The number of benzene rings is 1. The quantitative estimate of drug-likeness (QED) is 0.922. The highest BCUT2D eigenvalue weighted by molar-refractivity contribution is 5.40. The van der Waals surface area contributed by atoms with Crippen molar-refractivity contribution in [1.82, 2.24) is 4.57 Å². The van der Waals surface area contributed by atoms with E-state index in [9.17, 15) is 4.79 Å². The van der Waals surface area contributed by atoms with Crippen LogP contribution in [0.1, 0.15) is 23.6 Å². The van der Waals surface area contributed by atoms with Gasteiger partial charge in [0.1, 0.15) is 12.4 Å². The molecule has 2 aromatic rings. The number of nitrogens with two attached hydrogens (primary N) is 1. The van der Waals surface area contributed by atoms with Gasteiger partial charge >= 0.3 is 0 Å². The van der Waals surface area contributed by atoms with Crippen LogP contribution < -0.4 is 16.0 Å². The van der Waals surface area contributed by atoms with E-state index in [1.54, 1.807) is 22.9 Å². The van der Waals surface area contributed by atoms with Crippen LogP contribution in [-0.4, -0.2) is 11.2 Å². The fourth-order valence-corrected chi connectivity index (χ4v) is 2.62. The maximum Gasteiger partial charge on any atom is 0.250 e. The molecule has 0 amide bonds. The minimum atomic E-state index is -0.00368. The summed E-state index contributed by atoms with van der Waals surface area (Å²) in [7, 11) is 0. The van der Waals surface area contributed by atoms with E-state index in [4.69, 9.17) is 10.5 Å². The zero-order valence-electron chi connectivity index (χ0n) is 11.3. The van der Waals surface area contributed by atoms with Gasteiger partial charge in [-0.1, -0.05) is 12.1 Å². The minimum Gasteiger partial charge on any atom is -0.492 e. The zero-order chi connectivity index (χ0) is 13.9. The Balaban J connectivity index is 1.62. The number of fused-ring (bicyclic) bond motifs is 1. The molecule has 20 heavy (non-hydrogen) atoms. The maximum atomic E-state index is 11.5. The molecule has 0 fully saturated rings. The lowest BCUT2D eigenvalue weighted by atomic mass is 10.1. The standard InChI is InChI=1S/C16H18N2O2/c17-15-7-4-12-11-13(5-6-14(12)15)20-10-9-18-8-2-1-3-16(18)19/h1-3,5-6,8,11,15H,4,7,9-10,17H2/t15-/m1/s1. The summed E-state index contributed by atoms with van der Waals surface area (Å²) in [6.45, 7) is 1.03. The smallest absolute Gasteiger partial charge is 0.250 e. The number of hydrogen-bond donors (Lipinski definition) is 1. The van der Waals surface area contributed by atoms with Crippen molar-refractivity contribution in [2.75, 3.05) is 6.61 Å². The highest BCUT2D eigenvalue weighted by Gasteiger charge is 2.18. The Morgan fingerprint density at radius 1 is 1.30 bits per heavy atom. The molecule has 0 bridgehead atoms. The Kier molecular flexibility index (Phi) is 3.56. The second kappa shape index (κ2) is 5.51. The van der Waals surface area contributed by atoms with Gasteiger partial charge in [0.25, 0.3) is 5.56 Å². The molecule has 4 nitrogen and oxygen atoms in total. The number of pyridine rings is 1. The van der Waals surface area contributed by atoms with Gasteiger partial charge in [-0.3, -0.25) is 4.79 Å². The number of hydrogen-bond acceptors (Lipinski definition) is 3. The normalized spacial score (nSPS) is 16.9. The molecule has 0 spiro atoms. The first-order valence-corrected chi connectivity index (χ1v) is 6.91. The second-order valence-corrected chi connectivity index (χ2v) is 5.09. The summed E-state index contributed by atoms with van der Waals surface area (Å²) in [5, 5.41) is 0. The molecule has 104 valence electrons. The van der Waals surface area contributed by atoms with Gasteiger partial charge in [-0.25, -0.2) is 0 Å². The first kappa shape index (κ1) is 12.9. The maximum absolute atomic E-state index is 11.5. The van der Waals surface area contributed by atoms with Crippen LogP contribution >= 0.6 is 0 Å². The SMILES string of the molecule is N[C@@H]1CCc2cc(OCCn3ccccc3=O)ccc21. The highest BCUT2D eigenvalue weighted by atomic mass is 16.5. The fourth-order valence-electron chi connectivity index (χ4n) is 2.62. The summed E-state index contributed by atoms with van der Waals surface area (Å²) in [4.78, 5) is 11.5. The van der Waals surface area contributed by atoms with Gasteiger partial charge in [-0.2, -0.15) is 0 Å². The van der Waals surface area contributed by atoms with Crippen LogP contribution in [-0.2, 0) is 13.0 Å². The predicted molar refractivity (Wildman–Crippen MR) is 77.9 cm³/mol. The van der Waals surface area contributed by atoms with Crippen LogP contribution in [0, 0.1) is 0 Å². The lowest BCUT2D eigenvalue weighted by Crippen LogP contribution is -2.21. The summed E-state index contributed by atoms with van der Waals surface area (Å²) in [6.07, 6.45) is 3.80. The fraction of sp³-hybridized carbons (Fsp3) is 0.312. The molecular weight excluding hydrogens is 252 g/mol. The van der Waals surface area contributed by atoms with Crippen molar-refractivity contribution in [3.05, 3.63) is 64.1 Å². The molecule has 3 rings (SSSR count). The summed E-state index contributed by atoms with van der Waals surface area (Å²) >= 11 is 0. The average molecular weight is 270 g/mol. The molecule has 0 radical (unpaired) electrons. The van der Waals surface area contributed by atoms with Crippen molar-refractivity contribution in [2.45, 2.75) is 25.4 Å². The average Bonchev–Trinajstić information content (AvgIpc) is 2.82. The molecule has 1 aliphatic carbocycles. The lowest BCUT2D eigenvalue weighted by Gasteiger charge is -2.10. The monoisotopic (exact) mass is 270 g/mol. The van der Waals surface area contributed by atoms with Crippen molar-refractivity contribution in [3.8, 4) is 5.75 Å². The topological polar surface area (TPSA) is 57.2 Å². The summed E-state index contributed by atoms with van der Waals surface area (Å²) < 4.78 is 7.37. The molecule has 1 aliphatic rings. The molecule has 2 N–H and O–H groups in total. The Bertz CT molecular complexity index is 664. The van der Waals surface area contributed by atoms with Crippen molar-refractivity contribution in [3.63, 3.8) is 0 Å². The van der Waals surface area contributed by atoms with E-state index < -0.39 is 0 Å². The third kappa shape index (κ3) is 2.60. The van der Waals surface area contributed by atoms with Crippen molar-refractivity contribution >= 4 is 0 Å². The second-order valence-electron chi connectivity index (χ2n) is 5.09. The Labute approximate surface area is 117 Å². The third-order valence-electron chi connectivity index (χ3n) is 3.74. The number of rotatable bonds is 4. The van der Waals surface area contributed by atoms with Gasteiger partial charge in [0.05, 0.1) is 6.54 Å². The highest BCUT2D eigenvalue weighted by Crippen LogP contribution is 2.31. The van der Waals surface area contributed by atoms with E-state index >= 15 is 0 Å². The van der Waals surface area contributed by atoms with Crippen molar-refractivity contribution in [1.29, 1.82) is 0 Å². The molecular formula is C16H18N2O2. The molecule has 0 saturated carbocycles. The van der Waals surface area contributed by atoms with E-state index in [-0.39, 0.29) is 11.6 Å². The molecule has 0 aliphatic heterocycles. The summed E-state index contributed by atoms with van der Waals surface area (Å²) in [6, 6.07) is 11.4. The number of aryl methyl sites for hydroxylation is 1. The van der Waals surface area contributed by atoms with Crippen LogP contribution in [0.2, 0.25) is 0 Å². The van der Waals surface area contributed by atoms with Gasteiger partial charge in [0.2, 0.25) is 0 Å². The first-order valence-electron chi connectivity index (χ1n) is 6.91. The number of nitrogens with zero attached hydrogens (tertiary/aromatic N) is 1. The summed E-state index contributed by atoms with van der Waals surface area (Å²) in [5.41, 5.74) is 8.52. The van der Waals surface area contributed by atoms with Gasteiger partial charge in [0, 0.05) is 18.3 Å². The molecule has 1 aromatic carbocycles. The molecule has 0 saturated heterocycles. The zero-order valence-corrected chi connectivity index (χ0v) is 11.3. The Morgan fingerprint density at radius 2 is 2.20 bits per heavy atom. The van der Waals surface area contributed by atoms with Crippen LogP contribution in [0.25, 0.3) is 0 Å². The molecule has 1 atom stereocenters. The third-order valence-corrected chi connectivity index (χ3v) is 3.74. The minimum absolute atomic E-state index is 0.00368. The van der Waals surface area contributed by atoms with Crippen LogP contribution in [0.3, 0.4) is 0 Å². The van der Waals surface area contributed by atoms with Crippen molar-refractivity contribution in [2.24, 2.45) is 5.73 Å². The van der Waals surface area contributed by atoms with E-state index in [1.807, 2.05) is 12.1 Å². The molecule has 0 unspecified atom stereocenters. The molecule has 4 heteroatoms. The van der Waals surface area contributed by atoms with E-state index in [1.165, 1.54) is 11.1 Å². The largest absolute Gasteiger partial charge is 0.492 e. The van der Waals surface area contributed by atoms with Crippen LogP contribution in [0.4, 0.5) is 0 Å². The Hall–Kier alpha value is -2.07. The van der Waals surface area contributed by atoms with Gasteiger partial charge in [-0.15, -0.1) is 0 Å². The van der Waals surface area contributed by atoms with Crippen LogP contribution in [0.15, 0.2) is 47.4 Å². The number of ether oxygens (including phenoxy) is 1. The first-order chi connectivity index (χ1) is 9.74. The van der Waals surface area contributed by atoms with Gasteiger partial charge in [0.15, 0.2) is 0 Å². The van der Waals surface area contributed by atoms with Crippen LogP contribution in [0.5, 0.6) is 5.75 Å². The van der Waals surface area contributed by atoms with Crippen molar-refractivity contribution < 1.29 is 4.74 Å². The van der Waals surface area contributed by atoms with Gasteiger partial charge < -0.3 is 15.0 Å². The van der Waals surface area contributed by atoms with E-state index in [0.717, 1.165) is 18.6 Å². The summed E-state index contributed by atoms with van der Waals surface area (Å²) in [5.74, 6) is 0.849. The van der Waals surface area contributed by atoms with E-state index in [2.05, 4.69) is 12.1 Å². The Morgan fingerprint density at radius 3 is 3.05 bits per heavy atom. The number of aromatic nitrogens is 1. The van der Waals surface area contributed by atoms with E-state index in [0.29, 0.717) is 13.2 Å². The molecule has 1 heterocycles. The van der Waals surface area contributed by atoms with Gasteiger partial charge in [-0.05, 0) is 42.2 Å². The lowest BCUT2D eigenvalue weighted by molar-refractivity contribution is 0.296. The molecule has 1 aromatic heterocycles. The predicted octanol–water partition coefficient (Wildman–Crippen LogP) is 1.87.